The second-order valence-electron chi connectivity index (χ2n) is 4.39. The van der Waals surface area contributed by atoms with E-state index >= 15 is 0 Å². The number of aliphatic hydroxyl groups excluding tert-OH is 1. The summed E-state index contributed by atoms with van der Waals surface area (Å²) < 4.78 is 1.81. The average Bonchev–Trinajstić information content (AvgIpc) is 3.00. The van der Waals surface area contributed by atoms with Crippen LogP contribution in [0.5, 0.6) is 0 Å². The quantitative estimate of drug-likeness (QED) is 0.625. The van der Waals surface area contributed by atoms with Crippen molar-refractivity contribution in [3.05, 3.63) is 18.2 Å². The number of nitrogens with zero attached hydrogens (tertiary/aromatic N) is 2. The lowest BCUT2D eigenvalue weighted by Crippen LogP contribution is -2.27. The fourth-order valence-corrected chi connectivity index (χ4v) is 1.67. The summed E-state index contributed by atoms with van der Waals surface area (Å²) >= 11 is 0. The van der Waals surface area contributed by atoms with Gasteiger partial charge in [-0.25, -0.2) is 4.98 Å². The van der Waals surface area contributed by atoms with Crippen LogP contribution in [-0.4, -0.2) is 33.2 Å². The fraction of sp³-hybridized carbons (Fsp3) is 0.636. The van der Waals surface area contributed by atoms with Gasteiger partial charge in [0.15, 0.2) is 0 Å². The zero-order valence-electron chi connectivity index (χ0n) is 9.67. The third-order valence-corrected chi connectivity index (χ3v) is 2.84. The van der Waals surface area contributed by atoms with Crippen molar-refractivity contribution in [1.29, 1.82) is 0 Å². The number of nitrogens with one attached hydrogen (secondary N) is 1. The Hall–Kier alpha value is -1.40. The Labute approximate surface area is 99.8 Å². The zero-order chi connectivity index (χ0) is 12.3. The largest absolute Gasteiger partial charge is 0.394 e. The maximum atomic E-state index is 11.5. The first kappa shape index (κ1) is 12.1. The Kier molecular flexibility index (Phi) is 3.75. The number of nitrogens with two attached hydrogens (primary N) is 1. The standard InChI is InChI=1S/C11H18N4O2/c12-9(6-16)10-5-13-7-15(10)4-3-11(17)14-8-1-2-8/h5,7-9,16H,1-4,6,12H2,(H,14,17). The molecular formula is C11H18N4O2. The molecule has 0 aliphatic heterocycles. The van der Waals surface area contributed by atoms with Gasteiger partial charge in [-0.2, -0.15) is 0 Å². The molecule has 0 spiro atoms. The van der Waals surface area contributed by atoms with E-state index in [9.17, 15) is 4.79 Å². The number of amides is 1. The Morgan fingerprint density at radius 3 is 3.12 bits per heavy atom. The Morgan fingerprint density at radius 1 is 1.71 bits per heavy atom. The number of aryl methyl sites for hydroxylation is 1. The normalized spacial score (nSPS) is 16.8. The summed E-state index contributed by atoms with van der Waals surface area (Å²) in [6, 6.07) is -0.0477. The highest BCUT2D eigenvalue weighted by molar-refractivity contribution is 5.76. The molecule has 1 aliphatic carbocycles. The van der Waals surface area contributed by atoms with Gasteiger partial charge in [-0.1, -0.05) is 0 Å². The predicted molar refractivity (Wildman–Crippen MR) is 62.0 cm³/mol. The maximum Gasteiger partial charge on any atom is 0.222 e. The lowest BCUT2D eigenvalue weighted by molar-refractivity contribution is -0.121. The lowest BCUT2D eigenvalue weighted by atomic mass is 10.2. The predicted octanol–water partition coefficient (Wildman–Crippen LogP) is -0.456. The first-order valence-corrected chi connectivity index (χ1v) is 5.86. The highest BCUT2D eigenvalue weighted by Gasteiger charge is 2.23. The van der Waals surface area contributed by atoms with Gasteiger partial charge in [-0.15, -0.1) is 0 Å². The molecule has 94 valence electrons. The van der Waals surface area contributed by atoms with Crippen LogP contribution in [0.2, 0.25) is 0 Å². The molecule has 0 aromatic carbocycles. The van der Waals surface area contributed by atoms with Crippen molar-refractivity contribution in [3.8, 4) is 0 Å². The molecule has 0 saturated heterocycles. The molecule has 1 fully saturated rings. The Bertz CT molecular complexity index is 387. The van der Waals surface area contributed by atoms with E-state index in [0.717, 1.165) is 18.5 Å². The molecule has 17 heavy (non-hydrogen) atoms. The number of imidazole rings is 1. The van der Waals surface area contributed by atoms with Crippen molar-refractivity contribution < 1.29 is 9.90 Å². The molecule has 1 heterocycles. The van der Waals surface area contributed by atoms with Crippen molar-refractivity contribution in [2.24, 2.45) is 5.73 Å². The third-order valence-electron chi connectivity index (χ3n) is 2.84. The second kappa shape index (κ2) is 5.29. The van der Waals surface area contributed by atoms with Gasteiger partial charge < -0.3 is 20.7 Å². The van der Waals surface area contributed by atoms with Gasteiger partial charge in [0.1, 0.15) is 0 Å². The molecular weight excluding hydrogens is 220 g/mol. The van der Waals surface area contributed by atoms with Gasteiger partial charge >= 0.3 is 0 Å². The maximum absolute atomic E-state index is 11.5. The molecule has 1 atom stereocenters. The Morgan fingerprint density at radius 2 is 2.47 bits per heavy atom. The van der Waals surface area contributed by atoms with E-state index in [0.29, 0.717) is 19.0 Å². The van der Waals surface area contributed by atoms with Crippen LogP contribution in [0.1, 0.15) is 31.0 Å². The molecule has 0 bridgehead atoms. The van der Waals surface area contributed by atoms with Crippen LogP contribution in [0.4, 0.5) is 0 Å². The number of aliphatic hydroxyl groups is 1. The van der Waals surface area contributed by atoms with Crippen LogP contribution in [0, 0.1) is 0 Å². The molecule has 1 unspecified atom stereocenters. The minimum absolute atomic E-state index is 0.0599. The summed E-state index contributed by atoms with van der Waals surface area (Å²) in [5.41, 5.74) is 6.48. The lowest BCUT2D eigenvalue weighted by Gasteiger charge is -2.12. The summed E-state index contributed by atoms with van der Waals surface area (Å²) in [7, 11) is 0. The number of hydrogen-bond donors (Lipinski definition) is 3. The van der Waals surface area contributed by atoms with Crippen LogP contribution in [0.15, 0.2) is 12.5 Å². The fourth-order valence-electron chi connectivity index (χ4n) is 1.67. The molecule has 1 saturated carbocycles. The van der Waals surface area contributed by atoms with Crippen LogP contribution in [0.3, 0.4) is 0 Å². The van der Waals surface area contributed by atoms with E-state index in [-0.39, 0.29) is 12.5 Å². The minimum Gasteiger partial charge on any atom is -0.394 e. The number of carbonyl (C=O) groups excluding carboxylic acids is 1. The summed E-state index contributed by atoms with van der Waals surface area (Å²) in [6.07, 6.45) is 5.86. The van der Waals surface area contributed by atoms with Gasteiger partial charge in [-0.3, -0.25) is 4.79 Å². The van der Waals surface area contributed by atoms with Crippen LogP contribution < -0.4 is 11.1 Å². The van der Waals surface area contributed by atoms with E-state index in [4.69, 9.17) is 10.8 Å². The summed E-state index contributed by atoms with van der Waals surface area (Å²) in [4.78, 5) is 15.5. The topological polar surface area (TPSA) is 93.2 Å². The third kappa shape index (κ3) is 3.28. The first-order chi connectivity index (χ1) is 8.20. The molecule has 1 aliphatic rings. The molecule has 1 amide bonds. The number of aromatic nitrogens is 2. The van der Waals surface area contributed by atoms with Crippen molar-refractivity contribution in [3.63, 3.8) is 0 Å². The Balaban J connectivity index is 1.85. The average molecular weight is 238 g/mol. The monoisotopic (exact) mass is 238 g/mol. The van der Waals surface area contributed by atoms with Crippen molar-refractivity contribution in [2.75, 3.05) is 6.61 Å². The van der Waals surface area contributed by atoms with Crippen LogP contribution >= 0.6 is 0 Å². The van der Waals surface area contributed by atoms with E-state index in [2.05, 4.69) is 10.3 Å². The molecule has 1 aromatic heterocycles. The minimum atomic E-state index is -0.441. The van der Waals surface area contributed by atoms with Crippen molar-refractivity contribution in [2.45, 2.75) is 37.9 Å². The molecule has 0 radical (unpaired) electrons. The number of rotatable bonds is 6. The molecule has 2 rings (SSSR count). The highest BCUT2D eigenvalue weighted by Crippen LogP contribution is 2.18. The SMILES string of the molecule is NC(CO)c1cncn1CCC(=O)NC1CC1. The van der Waals surface area contributed by atoms with Crippen LogP contribution in [0.25, 0.3) is 0 Å². The number of hydrogen-bond acceptors (Lipinski definition) is 4. The second-order valence-corrected chi connectivity index (χ2v) is 4.39. The number of carbonyl (C=O) groups is 1. The van der Waals surface area contributed by atoms with Gasteiger partial charge in [-0.05, 0) is 12.8 Å². The van der Waals surface area contributed by atoms with Crippen molar-refractivity contribution in [1.82, 2.24) is 14.9 Å². The molecule has 6 nitrogen and oxygen atoms in total. The van der Waals surface area contributed by atoms with E-state index in [1.165, 1.54) is 0 Å². The molecule has 4 N–H and O–H groups in total. The summed E-state index contributed by atoms with van der Waals surface area (Å²) in [5.74, 6) is 0.0599. The molecule has 6 heteroatoms. The molecule has 1 aromatic rings. The smallest absolute Gasteiger partial charge is 0.222 e. The van der Waals surface area contributed by atoms with Gasteiger partial charge in [0.2, 0.25) is 5.91 Å². The summed E-state index contributed by atoms with van der Waals surface area (Å²) in [6.45, 7) is 0.418. The first-order valence-electron chi connectivity index (χ1n) is 5.86. The van der Waals surface area contributed by atoms with E-state index < -0.39 is 6.04 Å². The van der Waals surface area contributed by atoms with Crippen molar-refractivity contribution >= 4 is 5.91 Å². The zero-order valence-corrected chi connectivity index (χ0v) is 9.67. The van der Waals surface area contributed by atoms with Gasteiger partial charge in [0.05, 0.1) is 24.7 Å². The van der Waals surface area contributed by atoms with E-state index in [1.54, 1.807) is 12.5 Å². The van der Waals surface area contributed by atoms with Gasteiger partial charge in [0.25, 0.3) is 0 Å². The van der Waals surface area contributed by atoms with E-state index in [1.807, 2.05) is 4.57 Å². The highest BCUT2D eigenvalue weighted by atomic mass is 16.3. The van der Waals surface area contributed by atoms with Crippen LogP contribution in [-0.2, 0) is 11.3 Å². The summed E-state index contributed by atoms with van der Waals surface area (Å²) in [5, 5.41) is 11.9. The van der Waals surface area contributed by atoms with Gasteiger partial charge in [0, 0.05) is 25.2 Å².